The average Bonchev–Trinajstić information content (AvgIpc) is 2.96. The van der Waals surface area contributed by atoms with Crippen molar-refractivity contribution < 1.29 is 14.3 Å². The summed E-state index contributed by atoms with van der Waals surface area (Å²) >= 11 is 0. The Bertz CT molecular complexity index is 868. The van der Waals surface area contributed by atoms with Gasteiger partial charge >= 0.3 is 5.69 Å². The van der Waals surface area contributed by atoms with Gasteiger partial charge in [0.2, 0.25) is 12.7 Å². The van der Waals surface area contributed by atoms with E-state index in [9.17, 15) is 14.4 Å². The molecule has 0 spiro atoms. The number of hydrogen-bond donors (Lipinski definition) is 3. The normalized spacial score (nSPS) is 12.2. The topological polar surface area (TPSA) is 113 Å². The van der Waals surface area contributed by atoms with Crippen molar-refractivity contribution in [2.24, 2.45) is 0 Å². The number of ether oxygens (including phenoxy) is 2. The molecule has 2 heterocycles. The van der Waals surface area contributed by atoms with Gasteiger partial charge in [-0.25, -0.2) is 4.79 Å². The van der Waals surface area contributed by atoms with Crippen molar-refractivity contribution in [1.82, 2.24) is 15.3 Å². The Morgan fingerprint density at radius 3 is 2.78 bits per heavy atom. The fraction of sp³-hybridized carbons (Fsp3) is 0.267. The average molecular weight is 317 g/mol. The molecule has 3 N–H and O–H groups in total. The second-order valence-electron chi connectivity index (χ2n) is 5.15. The SMILES string of the molecule is Cc1[nH]c(=O)[nH]c(=O)c1CC(=O)NCc1ccc2c(c1)OCO2. The zero-order valence-corrected chi connectivity index (χ0v) is 12.4. The Morgan fingerprint density at radius 2 is 2.00 bits per heavy atom. The molecule has 0 atom stereocenters. The molecule has 0 saturated heterocycles. The monoisotopic (exact) mass is 317 g/mol. The summed E-state index contributed by atoms with van der Waals surface area (Å²) in [5, 5.41) is 2.73. The van der Waals surface area contributed by atoms with E-state index in [2.05, 4.69) is 15.3 Å². The predicted octanol–water partition coefficient (Wildman–Crippen LogP) is -0.0408. The third-order valence-corrected chi connectivity index (χ3v) is 3.52. The minimum absolute atomic E-state index is 0.109. The van der Waals surface area contributed by atoms with Gasteiger partial charge < -0.3 is 19.8 Å². The van der Waals surface area contributed by atoms with Gasteiger partial charge in [-0.2, -0.15) is 0 Å². The van der Waals surface area contributed by atoms with Crippen LogP contribution in [0.3, 0.4) is 0 Å². The highest BCUT2D eigenvalue weighted by atomic mass is 16.7. The number of carbonyl (C=O) groups is 1. The third-order valence-electron chi connectivity index (χ3n) is 3.52. The number of fused-ring (bicyclic) bond motifs is 1. The number of benzene rings is 1. The maximum absolute atomic E-state index is 12.0. The number of carbonyl (C=O) groups excluding carboxylic acids is 1. The van der Waals surface area contributed by atoms with Crippen LogP contribution in [0.15, 0.2) is 27.8 Å². The summed E-state index contributed by atoms with van der Waals surface area (Å²) in [6.07, 6.45) is -0.109. The van der Waals surface area contributed by atoms with Crippen molar-refractivity contribution in [2.45, 2.75) is 19.9 Å². The Balaban J connectivity index is 1.64. The van der Waals surface area contributed by atoms with Crippen LogP contribution in [0.25, 0.3) is 0 Å². The predicted molar refractivity (Wildman–Crippen MR) is 80.5 cm³/mol. The fourth-order valence-electron chi connectivity index (χ4n) is 2.31. The van der Waals surface area contributed by atoms with Gasteiger partial charge in [-0.1, -0.05) is 6.07 Å². The standard InChI is InChI=1S/C15H15N3O5/c1-8-10(14(20)18-15(21)17-8)5-13(19)16-6-9-2-3-11-12(4-9)23-7-22-11/h2-4H,5-7H2,1H3,(H,16,19)(H2,17,18,20,21). The molecule has 0 fully saturated rings. The summed E-state index contributed by atoms with van der Waals surface area (Å²) in [5.74, 6) is 1.00. The molecular weight excluding hydrogens is 302 g/mol. The van der Waals surface area contributed by atoms with Crippen LogP contribution < -0.4 is 26.0 Å². The van der Waals surface area contributed by atoms with Gasteiger partial charge in [0.15, 0.2) is 11.5 Å². The largest absolute Gasteiger partial charge is 0.454 e. The molecule has 1 amide bonds. The molecule has 8 nitrogen and oxygen atoms in total. The van der Waals surface area contributed by atoms with Crippen molar-refractivity contribution in [2.75, 3.05) is 6.79 Å². The van der Waals surface area contributed by atoms with E-state index in [0.717, 1.165) is 5.56 Å². The van der Waals surface area contributed by atoms with Crippen LogP contribution >= 0.6 is 0 Å². The molecule has 0 bridgehead atoms. The van der Waals surface area contributed by atoms with Gasteiger partial charge in [0.05, 0.1) is 6.42 Å². The molecule has 0 unspecified atom stereocenters. The molecule has 23 heavy (non-hydrogen) atoms. The van der Waals surface area contributed by atoms with E-state index in [0.29, 0.717) is 23.7 Å². The summed E-state index contributed by atoms with van der Waals surface area (Å²) in [6, 6.07) is 5.40. The molecule has 2 aromatic rings. The van der Waals surface area contributed by atoms with E-state index in [-0.39, 0.29) is 24.7 Å². The molecule has 1 aliphatic rings. The molecule has 1 aromatic carbocycles. The van der Waals surface area contributed by atoms with Crippen LogP contribution in [0.1, 0.15) is 16.8 Å². The van der Waals surface area contributed by atoms with Gasteiger partial charge in [0, 0.05) is 17.8 Å². The number of nitrogens with one attached hydrogen (secondary N) is 3. The van der Waals surface area contributed by atoms with Crippen LogP contribution in [0.4, 0.5) is 0 Å². The van der Waals surface area contributed by atoms with Crippen LogP contribution in [0, 0.1) is 6.92 Å². The quantitative estimate of drug-likeness (QED) is 0.732. The van der Waals surface area contributed by atoms with Gasteiger partial charge in [-0.05, 0) is 24.6 Å². The van der Waals surface area contributed by atoms with Crippen molar-refractivity contribution in [3.8, 4) is 11.5 Å². The van der Waals surface area contributed by atoms with Crippen molar-refractivity contribution in [3.63, 3.8) is 0 Å². The van der Waals surface area contributed by atoms with Crippen LogP contribution in [0.2, 0.25) is 0 Å². The van der Waals surface area contributed by atoms with Gasteiger partial charge in [-0.15, -0.1) is 0 Å². The highest BCUT2D eigenvalue weighted by Gasteiger charge is 2.14. The molecule has 8 heteroatoms. The summed E-state index contributed by atoms with van der Waals surface area (Å²) in [4.78, 5) is 39.4. The van der Waals surface area contributed by atoms with E-state index < -0.39 is 11.2 Å². The van der Waals surface area contributed by atoms with Crippen molar-refractivity contribution in [1.29, 1.82) is 0 Å². The summed E-state index contributed by atoms with van der Waals surface area (Å²) in [5.41, 5.74) is 0.348. The molecule has 0 radical (unpaired) electrons. The summed E-state index contributed by atoms with van der Waals surface area (Å²) in [6.45, 7) is 2.08. The molecular formula is C15H15N3O5. The van der Waals surface area contributed by atoms with Gasteiger partial charge in [0.1, 0.15) is 0 Å². The Hall–Kier alpha value is -3.03. The van der Waals surface area contributed by atoms with Crippen LogP contribution in [0.5, 0.6) is 11.5 Å². The lowest BCUT2D eigenvalue weighted by Crippen LogP contribution is -2.32. The number of H-pyrrole nitrogens is 2. The second-order valence-corrected chi connectivity index (χ2v) is 5.15. The van der Waals surface area contributed by atoms with Crippen molar-refractivity contribution >= 4 is 5.91 Å². The minimum Gasteiger partial charge on any atom is -0.454 e. The molecule has 1 aliphatic heterocycles. The van der Waals surface area contributed by atoms with E-state index in [1.165, 1.54) is 0 Å². The number of hydrogen-bond acceptors (Lipinski definition) is 5. The Kier molecular flexibility index (Phi) is 3.88. The number of amides is 1. The minimum atomic E-state index is -0.586. The molecule has 120 valence electrons. The smallest absolute Gasteiger partial charge is 0.325 e. The number of aromatic amines is 2. The molecule has 0 saturated carbocycles. The van der Waals surface area contributed by atoms with E-state index in [1.807, 2.05) is 6.07 Å². The first-order valence-electron chi connectivity index (χ1n) is 7.00. The second kappa shape index (κ2) is 5.99. The molecule has 0 aliphatic carbocycles. The van der Waals surface area contributed by atoms with Crippen LogP contribution in [-0.2, 0) is 17.8 Å². The Labute approximate surface area is 130 Å². The molecule has 1 aromatic heterocycles. The third kappa shape index (κ3) is 3.25. The lowest BCUT2D eigenvalue weighted by molar-refractivity contribution is -0.120. The van der Waals surface area contributed by atoms with E-state index >= 15 is 0 Å². The lowest BCUT2D eigenvalue weighted by Gasteiger charge is -2.07. The Morgan fingerprint density at radius 1 is 1.22 bits per heavy atom. The zero-order chi connectivity index (χ0) is 16.4. The highest BCUT2D eigenvalue weighted by molar-refractivity contribution is 5.78. The molecule has 3 rings (SSSR count). The van der Waals surface area contributed by atoms with Gasteiger partial charge in [0.25, 0.3) is 5.56 Å². The van der Waals surface area contributed by atoms with Gasteiger partial charge in [-0.3, -0.25) is 14.6 Å². The van der Waals surface area contributed by atoms with Crippen molar-refractivity contribution in [3.05, 3.63) is 55.9 Å². The first-order valence-corrected chi connectivity index (χ1v) is 7.00. The maximum Gasteiger partial charge on any atom is 0.325 e. The first kappa shape index (κ1) is 14.9. The summed E-state index contributed by atoms with van der Waals surface area (Å²) in [7, 11) is 0. The lowest BCUT2D eigenvalue weighted by atomic mass is 10.1. The van der Waals surface area contributed by atoms with E-state index in [1.54, 1.807) is 19.1 Å². The first-order chi connectivity index (χ1) is 11.0. The highest BCUT2D eigenvalue weighted by Crippen LogP contribution is 2.32. The number of aromatic nitrogens is 2. The number of rotatable bonds is 4. The number of aryl methyl sites for hydroxylation is 1. The maximum atomic E-state index is 12.0. The zero-order valence-electron chi connectivity index (χ0n) is 12.4. The van der Waals surface area contributed by atoms with Crippen LogP contribution in [-0.4, -0.2) is 22.7 Å². The van der Waals surface area contributed by atoms with E-state index in [4.69, 9.17) is 9.47 Å². The fourth-order valence-corrected chi connectivity index (χ4v) is 2.31. The summed E-state index contributed by atoms with van der Waals surface area (Å²) < 4.78 is 10.5.